The Hall–Kier alpha value is -1.05. The molecule has 0 aromatic heterocycles. The normalized spacial score (nSPS) is 15.4. The number of carbonyl (C=O) groups is 1. The van der Waals surface area contributed by atoms with Crippen molar-refractivity contribution in [2.24, 2.45) is 0 Å². The van der Waals surface area contributed by atoms with Crippen LogP contribution in [0.1, 0.15) is 95.9 Å². The van der Waals surface area contributed by atoms with E-state index < -0.39 is 40.8 Å². The van der Waals surface area contributed by atoms with Gasteiger partial charge in [0.15, 0.2) is 0 Å². The summed E-state index contributed by atoms with van der Waals surface area (Å²) >= 11 is 0. The Balaban J connectivity index is 4.27. The minimum Gasteiger partial charge on any atom is -0.431 e. The van der Waals surface area contributed by atoms with Crippen LogP contribution < -0.4 is 0 Å². The van der Waals surface area contributed by atoms with Gasteiger partial charge in [0.1, 0.15) is 23.4 Å². The van der Waals surface area contributed by atoms with Crippen LogP contribution in [-0.2, 0) is 49.2 Å². The predicted octanol–water partition coefficient (Wildman–Crippen LogP) is 5.47. The first-order valence-electron chi connectivity index (χ1n) is 10.6. The first kappa shape index (κ1) is 30.9. The minimum absolute atomic E-state index is 0.308. The van der Waals surface area contributed by atoms with Gasteiger partial charge < -0.3 is 9.47 Å². The van der Waals surface area contributed by atoms with Gasteiger partial charge in [-0.05, 0) is 103 Å². The summed E-state index contributed by atoms with van der Waals surface area (Å²) in [4.78, 5) is 32.3. The fraction of sp³-hybridized carbons (Fsp3) is 0.952. The lowest BCUT2D eigenvalue weighted by molar-refractivity contribution is -0.663. The van der Waals surface area contributed by atoms with E-state index in [2.05, 4.69) is 20.2 Å². The Morgan fingerprint density at radius 3 is 1.12 bits per heavy atom. The maximum absolute atomic E-state index is 12.1. The summed E-state index contributed by atoms with van der Waals surface area (Å²) in [6, 6.07) is 0. The van der Waals surface area contributed by atoms with Crippen molar-refractivity contribution in [2.75, 3.05) is 0 Å². The lowest BCUT2D eigenvalue weighted by atomic mass is 10.0. The summed E-state index contributed by atoms with van der Waals surface area (Å²) in [5, 5.41) is 18.3. The third-order valence-electron chi connectivity index (χ3n) is 3.30. The summed E-state index contributed by atoms with van der Waals surface area (Å²) in [5.74, 6) is 0. The molecule has 2 atom stereocenters. The zero-order valence-corrected chi connectivity index (χ0v) is 21.6. The minimum atomic E-state index is -0.825. The molecular weight excluding hydrogens is 428 g/mol. The van der Waals surface area contributed by atoms with Crippen LogP contribution in [0, 0.1) is 0 Å². The molecule has 32 heavy (non-hydrogen) atoms. The van der Waals surface area contributed by atoms with E-state index in [4.69, 9.17) is 29.0 Å². The Bertz CT molecular complexity index is 489. The fourth-order valence-electron chi connectivity index (χ4n) is 2.34. The van der Waals surface area contributed by atoms with E-state index in [0.717, 1.165) is 0 Å². The monoisotopic (exact) mass is 470 g/mol. The van der Waals surface area contributed by atoms with Crippen molar-refractivity contribution < 1.29 is 54.0 Å². The zero-order valence-electron chi connectivity index (χ0n) is 21.6. The van der Waals surface area contributed by atoms with Crippen LogP contribution in [0.5, 0.6) is 0 Å². The van der Waals surface area contributed by atoms with Gasteiger partial charge >= 0.3 is 6.16 Å². The van der Waals surface area contributed by atoms with E-state index in [-0.39, 0.29) is 0 Å². The fourth-order valence-corrected chi connectivity index (χ4v) is 2.34. The molecule has 0 aromatic rings. The Kier molecular flexibility index (Phi) is 12.6. The third kappa shape index (κ3) is 18.5. The second-order valence-corrected chi connectivity index (χ2v) is 10.9. The van der Waals surface area contributed by atoms with E-state index in [1.807, 2.05) is 0 Å². The van der Waals surface area contributed by atoms with E-state index in [0.29, 0.717) is 12.8 Å². The van der Waals surface area contributed by atoms with Crippen LogP contribution in [0.15, 0.2) is 0 Å². The van der Waals surface area contributed by atoms with Crippen LogP contribution in [0.3, 0.4) is 0 Å². The van der Waals surface area contributed by atoms with Crippen LogP contribution in [0.25, 0.3) is 0 Å². The van der Waals surface area contributed by atoms with Gasteiger partial charge in [-0.1, -0.05) is 0 Å². The molecule has 0 heterocycles. The van der Waals surface area contributed by atoms with Gasteiger partial charge in [0.05, 0.1) is 11.2 Å². The first-order valence-corrected chi connectivity index (χ1v) is 10.6. The van der Waals surface area contributed by atoms with Gasteiger partial charge in [0.2, 0.25) is 0 Å². The molecule has 0 spiro atoms. The molecule has 11 nitrogen and oxygen atoms in total. The molecule has 0 fully saturated rings. The lowest BCUT2D eigenvalue weighted by Crippen LogP contribution is -2.34. The van der Waals surface area contributed by atoms with E-state index >= 15 is 0 Å². The topological polar surface area (TPSA) is 109 Å². The Labute approximate surface area is 191 Å². The lowest BCUT2D eigenvalue weighted by Gasteiger charge is -2.27. The number of carbonyl (C=O) groups excluding carboxylic acids is 1. The standard InChI is InChI=1S/C21H42O11/c1-15(13-20(9,10)27-31-29-25-18(3,4)5)23-17(22)24-16(2)14-21(11,12)28-32-30-26-19(6,7)8/h15-16H,13-14H2,1-12H3. The highest BCUT2D eigenvalue weighted by molar-refractivity contribution is 5.60. The Morgan fingerprint density at radius 2 is 0.844 bits per heavy atom. The molecule has 192 valence electrons. The van der Waals surface area contributed by atoms with Crippen molar-refractivity contribution in [3.63, 3.8) is 0 Å². The quantitative estimate of drug-likeness (QED) is 0.139. The van der Waals surface area contributed by atoms with E-state index in [9.17, 15) is 4.79 Å². The molecule has 2 unspecified atom stereocenters. The van der Waals surface area contributed by atoms with Crippen molar-refractivity contribution >= 4 is 6.16 Å². The number of hydrogen-bond acceptors (Lipinski definition) is 11. The van der Waals surface area contributed by atoms with Crippen molar-refractivity contribution in [1.82, 2.24) is 0 Å². The van der Waals surface area contributed by atoms with Gasteiger partial charge in [0.25, 0.3) is 0 Å². The maximum Gasteiger partial charge on any atom is 0.508 e. The average Bonchev–Trinajstić information content (AvgIpc) is 2.52. The second kappa shape index (κ2) is 13.0. The van der Waals surface area contributed by atoms with Crippen LogP contribution in [-0.4, -0.2) is 40.8 Å². The van der Waals surface area contributed by atoms with Gasteiger partial charge in [0, 0.05) is 12.8 Å². The number of hydrogen-bond donors (Lipinski definition) is 0. The molecule has 0 amide bonds. The summed E-state index contributed by atoms with van der Waals surface area (Å²) in [6.45, 7) is 21.1. The van der Waals surface area contributed by atoms with E-state index in [1.54, 1.807) is 83.1 Å². The predicted molar refractivity (Wildman–Crippen MR) is 112 cm³/mol. The number of rotatable bonds is 14. The van der Waals surface area contributed by atoms with Gasteiger partial charge in [-0.3, -0.25) is 0 Å². The molecule has 0 aliphatic rings. The highest BCUT2D eigenvalue weighted by Gasteiger charge is 2.30. The Morgan fingerprint density at radius 1 is 0.562 bits per heavy atom. The molecule has 0 N–H and O–H groups in total. The van der Waals surface area contributed by atoms with Gasteiger partial charge in [-0.2, -0.15) is 19.6 Å². The SMILES string of the molecule is CC(CC(C)(C)OOOOC(C)(C)C)OC(=O)OC(C)CC(C)(C)OOOOC(C)(C)C. The van der Waals surface area contributed by atoms with Gasteiger partial charge in [-0.25, -0.2) is 4.79 Å². The second-order valence-electron chi connectivity index (χ2n) is 10.9. The smallest absolute Gasteiger partial charge is 0.431 e. The maximum atomic E-state index is 12.1. The summed E-state index contributed by atoms with van der Waals surface area (Å²) in [6.07, 6.45) is -1.25. The molecule has 0 saturated heterocycles. The molecule has 0 radical (unpaired) electrons. The average molecular weight is 471 g/mol. The van der Waals surface area contributed by atoms with Gasteiger partial charge in [-0.15, -0.1) is 0 Å². The summed E-state index contributed by atoms with van der Waals surface area (Å²) in [5.41, 5.74) is -2.75. The highest BCUT2D eigenvalue weighted by atomic mass is 17.7. The van der Waals surface area contributed by atoms with Crippen molar-refractivity contribution in [1.29, 1.82) is 0 Å². The van der Waals surface area contributed by atoms with Crippen molar-refractivity contribution in [3.8, 4) is 0 Å². The molecule has 0 aliphatic heterocycles. The molecule has 0 aliphatic carbocycles. The van der Waals surface area contributed by atoms with Crippen LogP contribution in [0.2, 0.25) is 0 Å². The third-order valence-corrected chi connectivity index (χ3v) is 3.30. The number of ether oxygens (including phenoxy) is 2. The van der Waals surface area contributed by atoms with Crippen LogP contribution in [0.4, 0.5) is 4.79 Å². The summed E-state index contributed by atoms with van der Waals surface area (Å²) in [7, 11) is 0. The summed E-state index contributed by atoms with van der Waals surface area (Å²) < 4.78 is 10.6. The molecular formula is C21H42O11. The largest absolute Gasteiger partial charge is 0.508 e. The van der Waals surface area contributed by atoms with Crippen molar-refractivity contribution in [2.45, 2.75) is 131 Å². The molecule has 0 bridgehead atoms. The van der Waals surface area contributed by atoms with Crippen LogP contribution >= 0.6 is 0 Å². The molecule has 0 saturated carbocycles. The zero-order chi connectivity index (χ0) is 25.2. The molecule has 11 heteroatoms. The molecule has 0 rings (SSSR count). The van der Waals surface area contributed by atoms with Crippen molar-refractivity contribution in [3.05, 3.63) is 0 Å². The molecule has 0 aromatic carbocycles. The highest BCUT2D eigenvalue weighted by Crippen LogP contribution is 2.22. The van der Waals surface area contributed by atoms with E-state index in [1.165, 1.54) is 0 Å². The first-order chi connectivity index (χ1) is 14.3.